The molecule has 0 atom stereocenters. The lowest BCUT2D eigenvalue weighted by atomic mass is 10.1. The van der Waals surface area contributed by atoms with E-state index >= 15 is 0 Å². The number of esters is 2. The van der Waals surface area contributed by atoms with Gasteiger partial charge in [0.25, 0.3) is 0 Å². The van der Waals surface area contributed by atoms with Crippen molar-refractivity contribution in [3.63, 3.8) is 0 Å². The molecule has 7 nitrogen and oxygen atoms in total. The van der Waals surface area contributed by atoms with Crippen molar-refractivity contribution in [2.75, 3.05) is 14.2 Å². The third kappa shape index (κ3) is 3.67. The van der Waals surface area contributed by atoms with Gasteiger partial charge < -0.3 is 13.7 Å². The summed E-state index contributed by atoms with van der Waals surface area (Å²) in [4.78, 5) is 23.0. The SMILES string of the molecule is COC(=O)c1ccc(OS(=O)(=O)C(F)(F)F)cc1C(=O)OC. The van der Waals surface area contributed by atoms with E-state index in [9.17, 15) is 31.2 Å². The number of alkyl halides is 3. The van der Waals surface area contributed by atoms with E-state index in [0.29, 0.717) is 6.07 Å². The lowest BCUT2D eigenvalue weighted by Gasteiger charge is -2.11. The van der Waals surface area contributed by atoms with Gasteiger partial charge in [-0.3, -0.25) is 0 Å². The van der Waals surface area contributed by atoms with E-state index in [-0.39, 0.29) is 5.56 Å². The highest BCUT2D eigenvalue weighted by Gasteiger charge is 2.48. The molecular weight excluding hydrogens is 333 g/mol. The van der Waals surface area contributed by atoms with Crippen molar-refractivity contribution in [1.29, 1.82) is 0 Å². The number of halogens is 3. The summed E-state index contributed by atoms with van der Waals surface area (Å²) in [6.07, 6.45) is 0. The van der Waals surface area contributed by atoms with E-state index in [1.54, 1.807) is 0 Å². The normalized spacial score (nSPS) is 11.7. The second kappa shape index (κ2) is 6.22. The van der Waals surface area contributed by atoms with Crippen LogP contribution in [-0.2, 0) is 19.6 Å². The van der Waals surface area contributed by atoms with Crippen LogP contribution >= 0.6 is 0 Å². The highest BCUT2D eigenvalue weighted by atomic mass is 32.2. The van der Waals surface area contributed by atoms with Gasteiger partial charge in [0, 0.05) is 0 Å². The van der Waals surface area contributed by atoms with E-state index < -0.39 is 38.9 Å². The smallest absolute Gasteiger partial charge is 0.465 e. The maximum Gasteiger partial charge on any atom is 0.534 e. The third-order valence-electron chi connectivity index (χ3n) is 2.29. The van der Waals surface area contributed by atoms with Crippen LogP contribution in [0.5, 0.6) is 5.75 Å². The van der Waals surface area contributed by atoms with E-state index in [0.717, 1.165) is 26.4 Å². The molecule has 0 aliphatic rings. The molecule has 1 aromatic rings. The lowest BCUT2D eigenvalue weighted by molar-refractivity contribution is -0.0500. The van der Waals surface area contributed by atoms with Gasteiger partial charge in [0.15, 0.2) is 0 Å². The minimum atomic E-state index is -5.91. The van der Waals surface area contributed by atoms with Crippen molar-refractivity contribution in [2.45, 2.75) is 5.51 Å². The van der Waals surface area contributed by atoms with Crippen molar-refractivity contribution in [1.82, 2.24) is 0 Å². The van der Waals surface area contributed by atoms with Crippen LogP contribution in [-0.4, -0.2) is 40.1 Å². The van der Waals surface area contributed by atoms with E-state index in [1.807, 2.05) is 0 Å². The summed E-state index contributed by atoms with van der Waals surface area (Å²) in [5.74, 6) is -2.87. The summed E-state index contributed by atoms with van der Waals surface area (Å²) in [5, 5.41) is 0. The Balaban J connectivity index is 3.32. The number of carbonyl (C=O) groups is 2. The van der Waals surface area contributed by atoms with Gasteiger partial charge in [0.05, 0.1) is 25.3 Å². The number of hydrogen-bond acceptors (Lipinski definition) is 7. The molecule has 0 saturated carbocycles. The van der Waals surface area contributed by atoms with Crippen molar-refractivity contribution < 1.29 is 44.8 Å². The molecule has 0 amide bonds. The number of carbonyl (C=O) groups excluding carboxylic acids is 2. The number of hydrogen-bond donors (Lipinski definition) is 0. The second-order valence-corrected chi connectivity index (χ2v) is 5.21. The first kappa shape index (κ1) is 17.8. The highest BCUT2D eigenvalue weighted by molar-refractivity contribution is 7.88. The Bertz CT molecular complexity index is 694. The van der Waals surface area contributed by atoms with E-state index in [2.05, 4.69) is 13.7 Å². The molecule has 0 heterocycles. The Morgan fingerprint density at radius 3 is 1.95 bits per heavy atom. The van der Waals surface area contributed by atoms with E-state index in [1.165, 1.54) is 0 Å². The average Bonchev–Trinajstić information content (AvgIpc) is 2.43. The van der Waals surface area contributed by atoms with Crippen LogP contribution in [0.1, 0.15) is 20.7 Å². The van der Waals surface area contributed by atoms with Crippen molar-refractivity contribution in [3.05, 3.63) is 29.3 Å². The molecule has 0 saturated heterocycles. The Morgan fingerprint density at radius 2 is 1.50 bits per heavy atom. The van der Waals surface area contributed by atoms with Gasteiger partial charge in [0.2, 0.25) is 0 Å². The molecule has 22 heavy (non-hydrogen) atoms. The Hall–Kier alpha value is -2.30. The number of benzene rings is 1. The van der Waals surface area contributed by atoms with E-state index in [4.69, 9.17) is 0 Å². The van der Waals surface area contributed by atoms with Crippen LogP contribution in [0.3, 0.4) is 0 Å². The molecule has 0 spiro atoms. The highest BCUT2D eigenvalue weighted by Crippen LogP contribution is 2.28. The fraction of sp³-hybridized carbons (Fsp3) is 0.273. The van der Waals surface area contributed by atoms with Crippen LogP contribution in [0.25, 0.3) is 0 Å². The predicted molar refractivity (Wildman–Crippen MR) is 64.7 cm³/mol. The van der Waals surface area contributed by atoms with Gasteiger partial charge in [-0.1, -0.05) is 0 Å². The minimum absolute atomic E-state index is 0.328. The zero-order valence-electron chi connectivity index (χ0n) is 11.1. The predicted octanol–water partition coefficient (Wildman–Crippen LogP) is 1.49. The summed E-state index contributed by atoms with van der Waals surface area (Å²) >= 11 is 0. The number of ether oxygens (including phenoxy) is 2. The van der Waals surface area contributed by atoms with Gasteiger partial charge in [0.1, 0.15) is 5.75 Å². The largest absolute Gasteiger partial charge is 0.534 e. The van der Waals surface area contributed by atoms with Gasteiger partial charge >= 0.3 is 27.6 Å². The second-order valence-electron chi connectivity index (χ2n) is 3.67. The van der Waals surface area contributed by atoms with Crippen LogP contribution in [0.15, 0.2) is 18.2 Å². The average molecular weight is 342 g/mol. The lowest BCUT2D eigenvalue weighted by Crippen LogP contribution is -2.28. The van der Waals surface area contributed by atoms with Crippen molar-refractivity contribution >= 4 is 22.1 Å². The zero-order chi connectivity index (χ0) is 17.1. The molecule has 0 unspecified atom stereocenters. The van der Waals surface area contributed by atoms with Gasteiger partial charge in [-0.05, 0) is 18.2 Å². The number of methoxy groups -OCH3 is 2. The van der Waals surface area contributed by atoms with Gasteiger partial charge in [-0.15, -0.1) is 0 Å². The summed E-state index contributed by atoms with van der Waals surface area (Å²) in [7, 11) is -3.93. The van der Waals surface area contributed by atoms with Crippen molar-refractivity contribution in [3.8, 4) is 5.75 Å². The maximum atomic E-state index is 12.2. The Labute approximate surface area is 122 Å². The molecule has 1 rings (SSSR count). The molecule has 0 bridgehead atoms. The topological polar surface area (TPSA) is 96.0 Å². The van der Waals surface area contributed by atoms with Crippen LogP contribution in [0.4, 0.5) is 13.2 Å². The summed E-state index contributed by atoms with van der Waals surface area (Å²) in [6, 6.07) is 2.27. The van der Waals surface area contributed by atoms with Crippen LogP contribution in [0, 0.1) is 0 Å². The molecule has 11 heteroatoms. The minimum Gasteiger partial charge on any atom is -0.465 e. The summed E-state index contributed by atoms with van der Waals surface area (Å²) in [6.45, 7) is 0. The third-order valence-corrected chi connectivity index (χ3v) is 3.27. The first-order chi connectivity index (χ1) is 10.0. The monoisotopic (exact) mass is 342 g/mol. The van der Waals surface area contributed by atoms with Crippen LogP contribution < -0.4 is 4.18 Å². The van der Waals surface area contributed by atoms with Gasteiger partial charge in [-0.25, -0.2) is 9.59 Å². The Kier molecular flexibility index (Phi) is 5.02. The summed E-state index contributed by atoms with van der Waals surface area (Å²) in [5.41, 5.74) is -6.48. The quantitative estimate of drug-likeness (QED) is 0.465. The molecule has 0 aliphatic carbocycles. The van der Waals surface area contributed by atoms with Crippen molar-refractivity contribution in [2.24, 2.45) is 0 Å². The molecule has 1 aromatic carbocycles. The Morgan fingerprint density at radius 1 is 1.00 bits per heavy atom. The van der Waals surface area contributed by atoms with Gasteiger partial charge in [-0.2, -0.15) is 21.6 Å². The molecule has 0 N–H and O–H groups in total. The molecule has 122 valence electrons. The standard InChI is InChI=1S/C11H9F3O7S/c1-19-9(15)7-4-3-6(5-8(7)10(16)20-2)21-22(17,18)11(12,13)14/h3-5H,1-2H3. The zero-order valence-corrected chi connectivity index (χ0v) is 11.9. The fourth-order valence-corrected chi connectivity index (χ4v) is 1.77. The molecular formula is C11H9F3O7S. The fourth-order valence-electron chi connectivity index (χ4n) is 1.32. The molecule has 0 fully saturated rings. The maximum absolute atomic E-state index is 12.2. The number of rotatable bonds is 4. The first-order valence-electron chi connectivity index (χ1n) is 5.35. The molecule has 0 aliphatic heterocycles. The first-order valence-corrected chi connectivity index (χ1v) is 6.75. The molecule has 0 radical (unpaired) electrons. The summed E-state index contributed by atoms with van der Waals surface area (Å²) < 4.78 is 71.1. The van der Waals surface area contributed by atoms with Crippen LogP contribution in [0.2, 0.25) is 0 Å². The molecule has 0 aromatic heterocycles.